The van der Waals surface area contributed by atoms with Gasteiger partial charge in [-0.3, -0.25) is 18.5 Å². The van der Waals surface area contributed by atoms with Crippen molar-refractivity contribution in [2.24, 2.45) is 35.8 Å². The number of aromatic hydroxyl groups is 1. The lowest BCUT2D eigenvalue weighted by molar-refractivity contribution is -0.130. The van der Waals surface area contributed by atoms with Crippen molar-refractivity contribution in [2.75, 3.05) is 38.5 Å². The topological polar surface area (TPSA) is 396 Å². The number of phenolic OH excluding ortho intramolecular Hbond substituents is 1. The highest BCUT2D eigenvalue weighted by molar-refractivity contribution is 7.86. The van der Waals surface area contributed by atoms with Crippen LogP contribution >= 0.6 is 0 Å². The Morgan fingerprint density at radius 3 is 2.11 bits per heavy atom. The second-order valence-corrected chi connectivity index (χ2v) is 17.6. The zero-order valence-corrected chi connectivity index (χ0v) is 36.0. The zero-order valence-electron chi connectivity index (χ0n) is 33.5. The van der Waals surface area contributed by atoms with Gasteiger partial charge in [0.1, 0.15) is 63.4 Å². The molecule has 1 aliphatic heterocycles. The van der Waals surface area contributed by atoms with E-state index >= 15 is 0 Å². The third-order valence-electron chi connectivity index (χ3n) is 9.12. The number of carboxylic acid groups (broad SMARTS) is 1. The van der Waals surface area contributed by atoms with Crippen LogP contribution in [0.4, 0.5) is 22.7 Å². The molecule has 29 heteroatoms. The Morgan fingerprint density at radius 2 is 1.48 bits per heavy atom. The molecule has 7 N–H and O–H groups in total. The van der Waals surface area contributed by atoms with Gasteiger partial charge in [-0.1, -0.05) is 0 Å². The second-order valence-electron chi connectivity index (χ2n) is 13.4. The van der Waals surface area contributed by atoms with Crippen LogP contribution in [0.25, 0.3) is 10.8 Å². The molecule has 2 unspecified atom stereocenters. The van der Waals surface area contributed by atoms with Crippen molar-refractivity contribution in [3.05, 3.63) is 90.0 Å². The van der Waals surface area contributed by atoms with Gasteiger partial charge in [-0.25, -0.2) is 4.79 Å². The summed E-state index contributed by atoms with van der Waals surface area (Å²) in [5, 5.41) is 68.2. The van der Waals surface area contributed by atoms with Crippen LogP contribution in [0.3, 0.4) is 0 Å². The van der Waals surface area contributed by atoms with Gasteiger partial charge in [0.05, 0.1) is 36.6 Å². The molecule has 2 atom stereocenters. The van der Waals surface area contributed by atoms with E-state index < -0.39 is 99.4 Å². The number of hydrazone groups is 1. The third kappa shape index (κ3) is 10.9. The van der Waals surface area contributed by atoms with Crippen molar-refractivity contribution >= 4 is 81.5 Å². The van der Waals surface area contributed by atoms with E-state index in [1.807, 2.05) is 0 Å². The summed E-state index contributed by atoms with van der Waals surface area (Å²) in [4.78, 5) is 23.1. The number of carboxylic acids is 1. The van der Waals surface area contributed by atoms with Crippen LogP contribution in [-0.2, 0) is 49.4 Å². The molecule has 0 spiro atoms. The minimum atomic E-state index is -5.20. The summed E-state index contributed by atoms with van der Waals surface area (Å²) in [5.74, 6) is -3.52. The van der Waals surface area contributed by atoms with Crippen LogP contribution in [0.5, 0.6) is 11.5 Å². The second kappa shape index (κ2) is 19.5. The number of nitrogens with zero attached hydrogens (tertiary/aromatic N) is 8. The van der Waals surface area contributed by atoms with E-state index in [0.717, 1.165) is 42.5 Å². The summed E-state index contributed by atoms with van der Waals surface area (Å²) in [7, 11) is -13.3. The van der Waals surface area contributed by atoms with Crippen molar-refractivity contribution in [1.29, 1.82) is 0 Å². The molecule has 0 fully saturated rings. The van der Waals surface area contributed by atoms with Crippen molar-refractivity contribution in [3.8, 4) is 11.5 Å². The predicted octanol–water partition coefficient (Wildman–Crippen LogP) is 3.99. The Hall–Kier alpha value is -7.12. The molecule has 0 aromatic heterocycles. The fraction of sp³-hybridized carbons (Fsp3) is 0.216. The molecule has 0 radical (unpaired) electrons. The van der Waals surface area contributed by atoms with E-state index in [1.54, 1.807) is 0 Å². The number of allylic oxidation sites excluding steroid dienone is 1. The molecule has 1 heterocycles. The van der Waals surface area contributed by atoms with Gasteiger partial charge >= 0.3 is 5.97 Å². The van der Waals surface area contributed by atoms with Gasteiger partial charge in [-0.05, 0) is 66.0 Å². The lowest BCUT2D eigenvalue weighted by atomic mass is 10.0. The summed E-state index contributed by atoms with van der Waals surface area (Å²) >= 11 is 0. The molecule has 6 rings (SSSR count). The molecule has 1 amide bonds. The van der Waals surface area contributed by atoms with E-state index in [-0.39, 0.29) is 70.4 Å². The van der Waals surface area contributed by atoms with Crippen LogP contribution in [0, 0.1) is 0 Å². The molecule has 348 valence electrons. The van der Waals surface area contributed by atoms with E-state index in [1.165, 1.54) is 37.5 Å². The summed E-state index contributed by atoms with van der Waals surface area (Å²) in [6, 6.07) is 9.10. The number of aliphatic hydroxyl groups excluding tert-OH is 2. The van der Waals surface area contributed by atoms with Gasteiger partial charge < -0.3 is 34.6 Å². The highest BCUT2D eigenvalue weighted by Crippen LogP contribution is 2.43. The summed E-state index contributed by atoms with van der Waals surface area (Å²) < 4.78 is 118. The number of amides is 1. The number of anilines is 1. The van der Waals surface area contributed by atoms with Crippen LogP contribution in [0.15, 0.2) is 140 Å². The van der Waals surface area contributed by atoms with Crippen LogP contribution in [0.2, 0.25) is 0 Å². The normalized spacial score (nSPS) is 17.3. The quantitative estimate of drug-likeness (QED) is 0.0547. The third-order valence-corrected chi connectivity index (χ3v) is 11.7. The molecule has 66 heavy (non-hydrogen) atoms. The maximum absolute atomic E-state index is 13.2. The first kappa shape index (κ1) is 48.3. The summed E-state index contributed by atoms with van der Waals surface area (Å²) in [6.07, 6.45) is 0.907. The van der Waals surface area contributed by atoms with Crippen molar-refractivity contribution < 1.29 is 83.1 Å². The molecule has 2 aliphatic rings. The van der Waals surface area contributed by atoms with Crippen LogP contribution < -0.4 is 9.75 Å². The Labute approximate surface area is 372 Å². The Bertz CT molecular complexity index is 3140. The number of ether oxygens (including phenoxy) is 3. The number of azo groups is 3. The maximum Gasteiger partial charge on any atom is 0.355 e. The number of benzene rings is 4. The number of hydrogen-bond donors (Lipinski definition) is 7. The van der Waals surface area contributed by atoms with Crippen LogP contribution in [0.1, 0.15) is 6.42 Å². The first-order valence-electron chi connectivity index (χ1n) is 18.5. The van der Waals surface area contributed by atoms with Crippen molar-refractivity contribution in [3.63, 3.8) is 0 Å². The number of phenols is 1. The maximum atomic E-state index is 13.2. The number of rotatable bonds is 18. The molecular formula is C37H34N8O18S3. The molecule has 1 aliphatic carbocycles. The van der Waals surface area contributed by atoms with Gasteiger partial charge in [0, 0.05) is 23.9 Å². The first-order valence-corrected chi connectivity index (χ1v) is 22.8. The highest BCUT2D eigenvalue weighted by atomic mass is 32.2. The zero-order chi connectivity index (χ0) is 48.1. The number of hydrogen-bond acceptors (Lipinski definition) is 21. The number of aliphatic hydroxyl groups is 2. The van der Waals surface area contributed by atoms with Crippen molar-refractivity contribution in [1.82, 2.24) is 0 Å². The fourth-order valence-corrected chi connectivity index (χ4v) is 7.87. The highest BCUT2D eigenvalue weighted by Gasteiger charge is 2.41. The molecule has 26 nitrogen and oxygen atoms in total. The summed E-state index contributed by atoms with van der Waals surface area (Å²) in [6.45, 7) is -1.59. The standard InChI is InChI=1S/C37H34N8O18S3/c1-61-22-5-9-25(30(16-22)65(55,56)57)39-40-26-17-29(63-13-11-47)27(18-28(26)62-12-10-46)41-42-32-31(66(58,59)60)15-19-14-20(2-8-24(19)35(32)48)38-43-33-34(37(50)51)44-45(36(33)49)21-3-6-23(7-4-21)64(52,53)54/h2-9,14-17,27,33,46-48H,10-13,18H2,1H3,(H,50,51)(H,52,53,54)(H,55,56,57)(H,58,59,60). The van der Waals surface area contributed by atoms with Gasteiger partial charge in [0.15, 0.2) is 11.5 Å². The minimum absolute atomic E-state index is 0.0301. The lowest BCUT2D eigenvalue weighted by Crippen LogP contribution is -2.33. The van der Waals surface area contributed by atoms with Gasteiger partial charge in [-0.15, -0.1) is 15.3 Å². The molecule has 4 aromatic rings. The van der Waals surface area contributed by atoms with Gasteiger partial charge in [0.2, 0.25) is 6.04 Å². The molecular weight excluding hydrogens is 941 g/mol. The van der Waals surface area contributed by atoms with Gasteiger partial charge in [0.25, 0.3) is 36.3 Å². The molecule has 4 aromatic carbocycles. The van der Waals surface area contributed by atoms with Crippen LogP contribution in [-0.4, -0.2) is 123 Å². The average molecular weight is 975 g/mol. The minimum Gasteiger partial charge on any atom is -0.505 e. The first-order chi connectivity index (χ1) is 31.1. The Morgan fingerprint density at radius 1 is 0.803 bits per heavy atom. The summed E-state index contributed by atoms with van der Waals surface area (Å²) in [5.41, 5.74) is -2.13. The number of carbonyl (C=O) groups excluding carboxylic acids is 1. The van der Waals surface area contributed by atoms with E-state index in [2.05, 4.69) is 35.8 Å². The van der Waals surface area contributed by atoms with Crippen molar-refractivity contribution in [2.45, 2.75) is 33.2 Å². The molecule has 0 bridgehead atoms. The molecule has 0 saturated carbocycles. The largest absolute Gasteiger partial charge is 0.505 e. The average Bonchev–Trinajstić information content (AvgIpc) is 3.60. The number of aliphatic carboxylic acids is 1. The Balaban J connectivity index is 1.32. The van der Waals surface area contributed by atoms with Gasteiger partial charge in [-0.2, -0.15) is 50.7 Å². The lowest BCUT2D eigenvalue weighted by Gasteiger charge is -2.23. The molecule has 0 saturated heterocycles. The monoisotopic (exact) mass is 974 g/mol. The van der Waals surface area contributed by atoms with E-state index in [4.69, 9.17) is 14.2 Å². The fourth-order valence-electron chi connectivity index (χ4n) is 6.09. The smallest absolute Gasteiger partial charge is 0.355 e. The number of methoxy groups -OCH3 is 1. The SMILES string of the molecule is COc1ccc(N=NC2=C(OCCO)CC(N=Nc3c(S(=O)(=O)O)cc4cc(N=NC5C(=O)N(c6ccc(S(=O)(=O)O)cc6)N=C5C(=O)O)ccc4c3O)C(OCCO)=C2)c(S(=O)(=O)O)c1. The predicted molar refractivity (Wildman–Crippen MR) is 224 cm³/mol. The van der Waals surface area contributed by atoms with E-state index in [9.17, 15) is 68.9 Å². The Kier molecular flexibility index (Phi) is 14.3. The van der Waals surface area contributed by atoms with E-state index in [0.29, 0.717) is 5.01 Å². The number of carbonyl (C=O) groups is 2. The number of fused-ring (bicyclic) bond motifs is 1.